The van der Waals surface area contributed by atoms with Gasteiger partial charge in [-0.2, -0.15) is 4.31 Å². The van der Waals surface area contributed by atoms with Gasteiger partial charge in [-0.3, -0.25) is 0 Å². The largest absolute Gasteiger partial charge is 0.389 e. The van der Waals surface area contributed by atoms with Gasteiger partial charge < -0.3 is 10.0 Å². The average molecular weight is 312 g/mol. The molecule has 0 aromatic heterocycles. The summed E-state index contributed by atoms with van der Waals surface area (Å²) in [6, 6.07) is 6.73. The fourth-order valence-corrected chi connectivity index (χ4v) is 4.40. The predicted molar refractivity (Wildman–Crippen MR) is 82.5 cm³/mol. The minimum atomic E-state index is -3.46. The molecule has 0 amide bonds. The summed E-state index contributed by atoms with van der Waals surface area (Å²) in [5.41, 5.74) is 0.718. The van der Waals surface area contributed by atoms with Crippen molar-refractivity contribution >= 4 is 10.0 Å². The predicted octanol–water partition coefficient (Wildman–Crippen LogP) is 1.31. The minimum absolute atomic E-state index is 0.247. The Balaban J connectivity index is 2.23. The van der Waals surface area contributed by atoms with Gasteiger partial charge in [0, 0.05) is 19.1 Å². The Kier molecular flexibility index (Phi) is 4.72. The second-order valence-electron chi connectivity index (χ2n) is 6.08. The van der Waals surface area contributed by atoms with Crippen LogP contribution in [-0.4, -0.2) is 56.0 Å². The Morgan fingerprint density at radius 1 is 1.24 bits per heavy atom. The molecule has 3 atom stereocenters. The second kappa shape index (κ2) is 6.04. The Morgan fingerprint density at radius 2 is 1.81 bits per heavy atom. The van der Waals surface area contributed by atoms with Crippen molar-refractivity contribution < 1.29 is 13.5 Å². The first-order chi connectivity index (χ1) is 9.73. The molecule has 0 radical (unpaired) electrons. The molecule has 0 spiro atoms. The molecular formula is C15H24N2O3S. The molecule has 0 aliphatic carbocycles. The Bertz CT molecular complexity index is 581. The van der Waals surface area contributed by atoms with Crippen LogP contribution in [0.1, 0.15) is 25.5 Å². The summed E-state index contributed by atoms with van der Waals surface area (Å²) in [4.78, 5) is 2.37. The van der Waals surface area contributed by atoms with E-state index in [1.54, 1.807) is 35.5 Å². The molecule has 1 aliphatic heterocycles. The van der Waals surface area contributed by atoms with Gasteiger partial charge >= 0.3 is 0 Å². The molecule has 1 fully saturated rings. The molecule has 1 heterocycles. The van der Waals surface area contributed by atoms with Gasteiger partial charge in [-0.05, 0) is 44.6 Å². The van der Waals surface area contributed by atoms with Crippen LogP contribution >= 0.6 is 0 Å². The van der Waals surface area contributed by atoms with E-state index in [9.17, 15) is 13.5 Å². The molecule has 1 saturated heterocycles. The van der Waals surface area contributed by atoms with E-state index in [0.717, 1.165) is 5.56 Å². The standard InChI is InChI=1S/C15H24N2O3S/c1-11-9-17(10-15(11)16(3)4)21(19,20)14-7-5-13(6-8-14)12(2)18/h5-8,11-12,15,18H,9-10H2,1-4H3. The lowest BCUT2D eigenvalue weighted by Crippen LogP contribution is -2.35. The maximum atomic E-state index is 12.7. The molecule has 1 N–H and O–H groups in total. The first-order valence-electron chi connectivity index (χ1n) is 7.18. The summed E-state index contributed by atoms with van der Waals surface area (Å²) >= 11 is 0. The van der Waals surface area contributed by atoms with Crippen LogP contribution in [0.2, 0.25) is 0 Å². The third-order valence-electron chi connectivity index (χ3n) is 4.20. The highest BCUT2D eigenvalue weighted by Gasteiger charge is 2.38. The number of hydrogen-bond donors (Lipinski definition) is 1. The first kappa shape index (κ1) is 16.4. The van der Waals surface area contributed by atoms with Crippen molar-refractivity contribution in [1.82, 2.24) is 9.21 Å². The third kappa shape index (κ3) is 3.29. The quantitative estimate of drug-likeness (QED) is 0.910. The molecule has 1 aromatic carbocycles. The van der Waals surface area contributed by atoms with Crippen molar-refractivity contribution in [2.45, 2.75) is 30.9 Å². The van der Waals surface area contributed by atoms with E-state index in [1.165, 1.54) is 0 Å². The van der Waals surface area contributed by atoms with Gasteiger partial charge in [0.15, 0.2) is 0 Å². The number of likely N-dealkylation sites (N-methyl/N-ethyl adjacent to an activating group) is 1. The van der Waals surface area contributed by atoms with E-state index in [1.807, 2.05) is 14.1 Å². The lowest BCUT2D eigenvalue weighted by atomic mass is 10.1. The van der Waals surface area contributed by atoms with E-state index in [2.05, 4.69) is 11.8 Å². The number of rotatable bonds is 4. The maximum Gasteiger partial charge on any atom is 0.243 e. The van der Waals surface area contributed by atoms with Crippen molar-refractivity contribution in [2.24, 2.45) is 5.92 Å². The summed E-state index contributed by atoms with van der Waals surface area (Å²) in [7, 11) is 0.506. The van der Waals surface area contributed by atoms with Crippen LogP contribution in [-0.2, 0) is 10.0 Å². The Morgan fingerprint density at radius 3 is 2.24 bits per heavy atom. The fraction of sp³-hybridized carbons (Fsp3) is 0.600. The van der Waals surface area contributed by atoms with Crippen molar-refractivity contribution in [3.8, 4) is 0 Å². The van der Waals surface area contributed by atoms with Crippen LogP contribution in [0.4, 0.5) is 0 Å². The number of sulfonamides is 1. The number of aliphatic hydroxyl groups is 1. The zero-order chi connectivity index (χ0) is 15.8. The van der Waals surface area contributed by atoms with Gasteiger partial charge in [-0.25, -0.2) is 8.42 Å². The van der Waals surface area contributed by atoms with Crippen molar-refractivity contribution in [3.63, 3.8) is 0 Å². The van der Waals surface area contributed by atoms with E-state index < -0.39 is 16.1 Å². The second-order valence-corrected chi connectivity index (χ2v) is 8.01. The number of aliphatic hydroxyl groups excluding tert-OH is 1. The van der Waals surface area contributed by atoms with Gasteiger partial charge in [0.25, 0.3) is 0 Å². The summed E-state index contributed by atoms with van der Waals surface area (Å²) in [5.74, 6) is 0.312. The number of benzene rings is 1. The van der Waals surface area contributed by atoms with Crippen molar-refractivity contribution in [2.75, 3.05) is 27.2 Å². The van der Waals surface area contributed by atoms with Crippen molar-refractivity contribution in [3.05, 3.63) is 29.8 Å². The molecule has 1 aromatic rings. The highest BCUT2D eigenvalue weighted by Crippen LogP contribution is 2.27. The molecule has 6 heteroatoms. The lowest BCUT2D eigenvalue weighted by Gasteiger charge is -2.22. The fourth-order valence-electron chi connectivity index (χ4n) is 2.84. The molecule has 2 rings (SSSR count). The third-order valence-corrected chi connectivity index (χ3v) is 6.05. The van der Waals surface area contributed by atoms with Crippen LogP contribution in [0, 0.1) is 5.92 Å². The van der Waals surface area contributed by atoms with E-state index >= 15 is 0 Å². The number of nitrogens with zero attached hydrogens (tertiary/aromatic N) is 2. The topological polar surface area (TPSA) is 60.9 Å². The molecule has 118 valence electrons. The molecule has 3 unspecified atom stereocenters. The molecule has 0 saturated carbocycles. The van der Waals surface area contributed by atoms with Gasteiger partial charge in [0.1, 0.15) is 0 Å². The van der Waals surface area contributed by atoms with Gasteiger partial charge in [-0.15, -0.1) is 0 Å². The molecule has 5 nitrogen and oxygen atoms in total. The van der Waals surface area contributed by atoms with Crippen LogP contribution in [0.15, 0.2) is 29.2 Å². The smallest absolute Gasteiger partial charge is 0.243 e. The lowest BCUT2D eigenvalue weighted by molar-refractivity contribution is 0.199. The summed E-state index contributed by atoms with van der Waals surface area (Å²) in [6.07, 6.45) is -0.591. The van der Waals surface area contributed by atoms with Crippen LogP contribution in [0.3, 0.4) is 0 Å². The van der Waals surface area contributed by atoms with Crippen molar-refractivity contribution in [1.29, 1.82) is 0 Å². The molecular weight excluding hydrogens is 288 g/mol. The van der Waals surface area contributed by atoms with Crippen LogP contribution < -0.4 is 0 Å². The SMILES string of the molecule is CC(O)c1ccc(S(=O)(=O)N2CC(C)C(N(C)C)C2)cc1. The highest BCUT2D eigenvalue weighted by atomic mass is 32.2. The molecule has 21 heavy (non-hydrogen) atoms. The zero-order valence-corrected chi connectivity index (χ0v) is 13.8. The maximum absolute atomic E-state index is 12.7. The van der Waals surface area contributed by atoms with Crippen LogP contribution in [0.5, 0.6) is 0 Å². The van der Waals surface area contributed by atoms with E-state index in [4.69, 9.17) is 0 Å². The van der Waals surface area contributed by atoms with Crippen LogP contribution in [0.25, 0.3) is 0 Å². The minimum Gasteiger partial charge on any atom is -0.389 e. The van der Waals surface area contributed by atoms with E-state index in [0.29, 0.717) is 23.9 Å². The molecule has 0 bridgehead atoms. The summed E-state index contributed by atoms with van der Waals surface area (Å²) in [5, 5.41) is 9.49. The Hall–Kier alpha value is -0.950. The zero-order valence-electron chi connectivity index (χ0n) is 13.0. The van der Waals surface area contributed by atoms with Gasteiger partial charge in [-0.1, -0.05) is 19.1 Å². The Labute approximate surface area is 127 Å². The normalized spacial score (nSPS) is 25.4. The van der Waals surface area contributed by atoms with Gasteiger partial charge in [0.2, 0.25) is 10.0 Å². The average Bonchev–Trinajstić information content (AvgIpc) is 2.82. The van der Waals surface area contributed by atoms with E-state index in [-0.39, 0.29) is 6.04 Å². The number of hydrogen-bond acceptors (Lipinski definition) is 4. The highest BCUT2D eigenvalue weighted by molar-refractivity contribution is 7.89. The molecule has 1 aliphatic rings. The first-order valence-corrected chi connectivity index (χ1v) is 8.62. The summed E-state index contributed by atoms with van der Waals surface area (Å²) < 4.78 is 26.9. The van der Waals surface area contributed by atoms with Gasteiger partial charge in [0.05, 0.1) is 11.0 Å². The summed E-state index contributed by atoms with van der Waals surface area (Å²) in [6.45, 7) is 4.81. The monoisotopic (exact) mass is 312 g/mol.